The van der Waals surface area contributed by atoms with Crippen LogP contribution in [0.1, 0.15) is 30.6 Å². The average molecular weight is 264 g/mol. The molecule has 0 radical (unpaired) electrons. The van der Waals surface area contributed by atoms with E-state index >= 15 is 0 Å². The number of hydrogen-bond acceptors (Lipinski definition) is 2. The van der Waals surface area contributed by atoms with Gasteiger partial charge in [-0.3, -0.25) is 4.79 Å². The van der Waals surface area contributed by atoms with Crippen LogP contribution < -0.4 is 5.32 Å². The number of benzene rings is 1. The van der Waals surface area contributed by atoms with Crippen LogP contribution in [0.2, 0.25) is 0 Å². The molecule has 0 aliphatic carbocycles. The van der Waals surface area contributed by atoms with Crippen LogP contribution in [0, 0.1) is 11.7 Å². The van der Waals surface area contributed by atoms with Crippen molar-refractivity contribution in [1.82, 2.24) is 10.2 Å². The number of carbonyl (C=O) groups excluding carboxylic acids is 1. The van der Waals surface area contributed by atoms with Crippen molar-refractivity contribution in [3.8, 4) is 0 Å². The fraction of sp³-hybridized carbons (Fsp3) is 0.533. The minimum atomic E-state index is -0.463. The minimum absolute atomic E-state index is 0.126. The van der Waals surface area contributed by atoms with Crippen molar-refractivity contribution >= 4 is 5.91 Å². The molecule has 1 N–H and O–H groups in total. The Hall–Kier alpha value is -1.42. The predicted octanol–water partition coefficient (Wildman–Crippen LogP) is 2.29. The lowest BCUT2D eigenvalue weighted by Crippen LogP contribution is -2.33. The molecule has 0 unspecified atom stereocenters. The number of amides is 1. The van der Waals surface area contributed by atoms with E-state index in [2.05, 4.69) is 24.1 Å². The maximum atomic E-state index is 13.4. The van der Waals surface area contributed by atoms with Gasteiger partial charge < -0.3 is 10.2 Å². The molecule has 2 rings (SSSR count). The van der Waals surface area contributed by atoms with E-state index in [9.17, 15) is 9.18 Å². The first-order valence-electron chi connectivity index (χ1n) is 6.84. The van der Waals surface area contributed by atoms with Crippen molar-refractivity contribution in [3.63, 3.8) is 0 Å². The van der Waals surface area contributed by atoms with Crippen molar-refractivity contribution < 1.29 is 9.18 Å². The molecule has 1 aliphatic heterocycles. The van der Waals surface area contributed by atoms with Gasteiger partial charge in [0.05, 0.1) is 5.56 Å². The summed E-state index contributed by atoms with van der Waals surface area (Å²) in [6, 6.07) is 6.63. The van der Waals surface area contributed by atoms with Crippen LogP contribution in [0.25, 0.3) is 0 Å². The molecule has 4 heteroatoms. The molecule has 1 saturated heterocycles. The molecule has 1 heterocycles. The van der Waals surface area contributed by atoms with Gasteiger partial charge in [0.25, 0.3) is 5.91 Å². The number of carbonyl (C=O) groups is 1. The minimum Gasteiger partial charge on any atom is -0.352 e. The summed E-state index contributed by atoms with van der Waals surface area (Å²) in [5.74, 6) is -0.311. The molecule has 3 nitrogen and oxygen atoms in total. The first kappa shape index (κ1) is 14.0. The van der Waals surface area contributed by atoms with Crippen LogP contribution in [0.3, 0.4) is 0 Å². The van der Waals surface area contributed by atoms with Gasteiger partial charge in [0, 0.05) is 19.1 Å². The Morgan fingerprint density at radius 2 is 2.21 bits per heavy atom. The quantitative estimate of drug-likeness (QED) is 0.905. The summed E-state index contributed by atoms with van der Waals surface area (Å²) in [6.45, 7) is 7.07. The Morgan fingerprint density at radius 3 is 2.84 bits per heavy atom. The summed E-state index contributed by atoms with van der Waals surface area (Å²) < 4.78 is 13.4. The van der Waals surface area contributed by atoms with E-state index in [1.807, 2.05) is 0 Å². The molecule has 1 aromatic carbocycles. The number of hydrogen-bond donors (Lipinski definition) is 1. The number of likely N-dealkylation sites (tertiary alicyclic amines) is 1. The lowest BCUT2D eigenvalue weighted by Gasteiger charge is -2.20. The first-order valence-corrected chi connectivity index (χ1v) is 6.84. The number of nitrogens with one attached hydrogen (secondary N) is 1. The summed E-state index contributed by atoms with van der Waals surface area (Å²) in [5, 5.41) is 2.84. The van der Waals surface area contributed by atoms with E-state index in [4.69, 9.17) is 0 Å². The van der Waals surface area contributed by atoms with Gasteiger partial charge in [0.1, 0.15) is 5.82 Å². The zero-order chi connectivity index (χ0) is 13.8. The Bertz CT molecular complexity index is 448. The predicted molar refractivity (Wildman–Crippen MR) is 73.5 cm³/mol. The normalized spacial score (nSPS) is 19.9. The smallest absolute Gasteiger partial charge is 0.254 e. The summed E-state index contributed by atoms with van der Waals surface area (Å²) in [4.78, 5) is 14.3. The Kier molecular flexibility index (Phi) is 4.53. The zero-order valence-corrected chi connectivity index (χ0v) is 11.5. The highest BCUT2D eigenvalue weighted by Gasteiger charge is 2.24. The van der Waals surface area contributed by atoms with Crippen molar-refractivity contribution in [1.29, 1.82) is 0 Å². The average Bonchev–Trinajstić information content (AvgIpc) is 2.85. The zero-order valence-electron chi connectivity index (χ0n) is 11.5. The van der Waals surface area contributed by atoms with Gasteiger partial charge >= 0.3 is 0 Å². The van der Waals surface area contributed by atoms with Crippen molar-refractivity contribution in [2.75, 3.05) is 19.6 Å². The van der Waals surface area contributed by atoms with Gasteiger partial charge in [-0.15, -0.1) is 0 Å². The highest BCUT2D eigenvalue weighted by molar-refractivity contribution is 5.94. The second kappa shape index (κ2) is 6.15. The molecule has 1 fully saturated rings. The molecule has 1 atom stereocenters. The van der Waals surface area contributed by atoms with E-state index in [0.29, 0.717) is 18.5 Å². The third-order valence-electron chi connectivity index (χ3n) is 3.72. The maximum absolute atomic E-state index is 13.4. The molecule has 0 saturated carbocycles. The Morgan fingerprint density at radius 1 is 1.47 bits per heavy atom. The van der Waals surface area contributed by atoms with Crippen LogP contribution in [0.15, 0.2) is 24.3 Å². The lowest BCUT2D eigenvalue weighted by molar-refractivity contribution is 0.0943. The van der Waals surface area contributed by atoms with Crippen molar-refractivity contribution in [2.45, 2.75) is 26.3 Å². The molecule has 0 spiro atoms. The molecule has 0 bridgehead atoms. The Labute approximate surface area is 113 Å². The summed E-state index contributed by atoms with van der Waals surface area (Å²) >= 11 is 0. The van der Waals surface area contributed by atoms with Crippen LogP contribution in [-0.2, 0) is 0 Å². The largest absolute Gasteiger partial charge is 0.352 e. The standard InChI is InChI=1S/C15H21FN2O/c1-11(2)18-8-7-12(10-18)9-17-15(19)13-5-3-4-6-14(13)16/h3-6,11-12H,7-10H2,1-2H3,(H,17,19)/t12-/m1/s1. The highest BCUT2D eigenvalue weighted by atomic mass is 19.1. The van der Waals surface area contributed by atoms with E-state index in [-0.39, 0.29) is 11.5 Å². The van der Waals surface area contributed by atoms with Gasteiger partial charge in [0.15, 0.2) is 0 Å². The number of rotatable bonds is 4. The van der Waals surface area contributed by atoms with Crippen LogP contribution in [0.5, 0.6) is 0 Å². The number of halogens is 1. The molecule has 1 amide bonds. The molecular formula is C15H21FN2O. The van der Waals surface area contributed by atoms with E-state index in [1.54, 1.807) is 12.1 Å². The van der Waals surface area contributed by atoms with Crippen molar-refractivity contribution in [2.24, 2.45) is 5.92 Å². The van der Waals surface area contributed by atoms with Crippen LogP contribution >= 0.6 is 0 Å². The van der Waals surface area contributed by atoms with Crippen molar-refractivity contribution in [3.05, 3.63) is 35.6 Å². The summed E-state index contributed by atoms with van der Waals surface area (Å²) in [7, 11) is 0. The van der Waals surface area contributed by atoms with Gasteiger partial charge in [-0.2, -0.15) is 0 Å². The second-order valence-corrected chi connectivity index (χ2v) is 5.43. The third kappa shape index (κ3) is 3.53. The SMILES string of the molecule is CC(C)N1CC[C@H](CNC(=O)c2ccccc2F)C1. The Balaban J connectivity index is 1.84. The van der Waals surface area contributed by atoms with Gasteiger partial charge in [-0.1, -0.05) is 12.1 Å². The van der Waals surface area contributed by atoms with Crippen LogP contribution in [0.4, 0.5) is 4.39 Å². The molecule has 104 valence electrons. The van der Waals surface area contributed by atoms with Crippen LogP contribution in [-0.4, -0.2) is 36.5 Å². The topological polar surface area (TPSA) is 32.3 Å². The summed E-state index contributed by atoms with van der Waals surface area (Å²) in [6.07, 6.45) is 1.09. The van der Waals surface area contributed by atoms with Gasteiger partial charge in [0.2, 0.25) is 0 Å². The lowest BCUT2D eigenvalue weighted by atomic mass is 10.1. The fourth-order valence-electron chi connectivity index (χ4n) is 2.48. The monoisotopic (exact) mass is 264 g/mol. The molecular weight excluding hydrogens is 243 g/mol. The van der Waals surface area contributed by atoms with E-state index in [0.717, 1.165) is 19.5 Å². The highest BCUT2D eigenvalue weighted by Crippen LogP contribution is 2.17. The summed E-state index contributed by atoms with van der Waals surface area (Å²) in [5.41, 5.74) is 0.126. The van der Waals surface area contributed by atoms with E-state index < -0.39 is 5.82 Å². The maximum Gasteiger partial charge on any atom is 0.254 e. The molecule has 1 aliphatic rings. The number of nitrogens with zero attached hydrogens (tertiary/aromatic N) is 1. The van der Waals surface area contributed by atoms with E-state index in [1.165, 1.54) is 12.1 Å². The van der Waals surface area contributed by atoms with Gasteiger partial charge in [-0.25, -0.2) is 4.39 Å². The second-order valence-electron chi connectivity index (χ2n) is 5.43. The third-order valence-corrected chi connectivity index (χ3v) is 3.72. The molecule has 0 aromatic heterocycles. The van der Waals surface area contributed by atoms with Gasteiger partial charge in [-0.05, 0) is 44.9 Å². The molecule has 1 aromatic rings. The molecule has 19 heavy (non-hydrogen) atoms. The fourth-order valence-corrected chi connectivity index (χ4v) is 2.48. The first-order chi connectivity index (χ1) is 9.08.